The minimum absolute atomic E-state index is 0.185. The van der Waals surface area contributed by atoms with E-state index in [-0.39, 0.29) is 17.2 Å². The number of alkyl halides is 1. The van der Waals surface area contributed by atoms with Crippen LogP contribution in [0.5, 0.6) is 0 Å². The van der Waals surface area contributed by atoms with E-state index in [9.17, 15) is 14.9 Å². The lowest BCUT2D eigenvalue weighted by Crippen LogP contribution is -2.23. The number of amides is 1. The summed E-state index contributed by atoms with van der Waals surface area (Å²) in [5, 5.41) is 10.9. The van der Waals surface area contributed by atoms with Crippen molar-refractivity contribution in [1.82, 2.24) is 9.88 Å². The molecule has 1 amide bonds. The van der Waals surface area contributed by atoms with E-state index >= 15 is 0 Å². The van der Waals surface area contributed by atoms with Crippen LogP contribution in [-0.2, 0) is 5.33 Å². The van der Waals surface area contributed by atoms with Gasteiger partial charge in [-0.05, 0) is 0 Å². The van der Waals surface area contributed by atoms with Gasteiger partial charge in [0.15, 0.2) is 0 Å². The molecule has 0 aromatic carbocycles. The molecule has 0 aliphatic rings. The van der Waals surface area contributed by atoms with Crippen LogP contribution < -0.4 is 0 Å². The Kier molecular flexibility index (Phi) is 3.94. The Labute approximate surface area is 101 Å². The number of aromatic nitrogens is 1. The summed E-state index contributed by atoms with van der Waals surface area (Å²) in [7, 11) is 3.17. The Balaban J connectivity index is 3.27. The molecule has 0 aliphatic heterocycles. The Bertz CT molecular complexity index is 434. The quantitative estimate of drug-likeness (QED) is 0.481. The SMILES string of the molecule is CN(C)C(=O)c1cc([N+](=O)[O-])cnc1CBr. The van der Waals surface area contributed by atoms with Gasteiger partial charge < -0.3 is 4.90 Å². The fraction of sp³-hybridized carbons (Fsp3) is 0.333. The highest BCUT2D eigenvalue weighted by Gasteiger charge is 2.18. The molecule has 0 N–H and O–H groups in total. The van der Waals surface area contributed by atoms with Gasteiger partial charge in [-0.25, -0.2) is 0 Å². The van der Waals surface area contributed by atoms with Crippen LogP contribution in [0.15, 0.2) is 12.3 Å². The molecule has 0 radical (unpaired) electrons. The fourth-order valence-corrected chi connectivity index (χ4v) is 1.56. The number of nitrogens with zero attached hydrogens (tertiary/aromatic N) is 3. The average Bonchev–Trinajstić information content (AvgIpc) is 2.26. The van der Waals surface area contributed by atoms with E-state index in [1.807, 2.05) is 0 Å². The number of carbonyl (C=O) groups excluding carboxylic acids is 1. The molecule has 1 aromatic rings. The molecule has 16 heavy (non-hydrogen) atoms. The van der Waals surface area contributed by atoms with E-state index in [4.69, 9.17) is 0 Å². The minimum atomic E-state index is -0.572. The topological polar surface area (TPSA) is 76.3 Å². The third-order valence-electron chi connectivity index (χ3n) is 1.93. The van der Waals surface area contributed by atoms with Crippen LogP contribution in [0.4, 0.5) is 5.69 Å². The van der Waals surface area contributed by atoms with E-state index in [2.05, 4.69) is 20.9 Å². The lowest BCUT2D eigenvalue weighted by molar-refractivity contribution is -0.385. The number of rotatable bonds is 3. The van der Waals surface area contributed by atoms with Crippen LogP contribution in [0.3, 0.4) is 0 Å². The number of hydrogen-bond acceptors (Lipinski definition) is 4. The summed E-state index contributed by atoms with van der Waals surface area (Å²) < 4.78 is 0. The zero-order valence-corrected chi connectivity index (χ0v) is 10.4. The first-order valence-electron chi connectivity index (χ1n) is 4.38. The third kappa shape index (κ3) is 2.54. The van der Waals surface area contributed by atoms with Gasteiger partial charge in [0.05, 0.1) is 16.2 Å². The molecule has 0 saturated carbocycles. The first-order chi connectivity index (χ1) is 7.47. The maximum Gasteiger partial charge on any atom is 0.288 e. The smallest absolute Gasteiger partial charge is 0.288 e. The van der Waals surface area contributed by atoms with Crippen LogP contribution in [-0.4, -0.2) is 34.8 Å². The summed E-state index contributed by atoms with van der Waals surface area (Å²) in [6, 6.07) is 1.24. The molecule has 7 heteroatoms. The van der Waals surface area contributed by atoms with E-state index in [0.717, 1.165) is 6.20 Å². The number of halogens is 1. The van der Waals surface area contributed by atoms with Gasteiger partial charge in [0.2, 0.25) is 0 Å². The largest absolute Gasteiger partial charge is 0.345 e. The average molecular weight is 288 g/mol. The molecule has 0 fully saturated rings. The number of nitro groups is 1. The zero-order chi connectivity index (χ0) is 12.3. The molecule has 1 aromatic heterocycles. The highest BCUT2D eigenvalue weighted by Crippen LogP contribution is 2.18. The summed E-state index contributed by atoms with van der Waals surface area (Å²) in [5.74, 6) is -0.300. The predicted molar refractivity (Wildman–Crippen MR) is 61.5 cm³/mol. The second-order valence-electron chi connectivity index (χ2n) is 3.28. The maximum absolute atomic E-state index is 11.7. The molecule has 1 rings (SSSR count). The van der Waals surface area contributed by atoms with Crippen LogP contribution >= 0.6 is 15.9 Å². The highest BCUT2D eigenvalue weighted by atomic mass is 79.9. The third-order valence-corrected chi connectivity index (χ3v) is 2.46. The van der Waals surface area contributed by atoms with Gasteiger partial charge in [0.25, 0.3) is 11.6 Å². The number of carbonyl (C=O) groups is 1. The maximum atomic E-state index is 11.7. The molecule has 6 nitrogen and oxygen atoms in total. The van der Waals surface area contributed by atoms with Crippen molar-refractivity contribution < 1.29 is 9.72 Å². The molecule has 0 saturated heterocycles. The monoisotopic (exact) mass is 287 g/mol. The molecule has 1 heterocycles. The second kappa shape index (κ2) is 5.02. The van der Waals surface area contributed by atoms with Gasteiger partial charge in [-0.3, -0.25) is 19.9 Å². The molecule has 0 bridgehead atoms. The van der Waals surface area contributed by atoms with Crippen molar-refractivity contribution in [2.75, 3.05) is 14.1 Å². The molecular formula is C9H10BrN3O3. The van der Waals surface area contributed by atoms with E-state index in [1.54, 1.807) is 14.1 Å². The summed E-state index contributed by atoms with van der Waals surface area (Å²) in [6.45, 7) is 0. The molecule has 0 spiro atoms. The van der Waals surface area contributed by atoms with Crippen LogP contribution in [0.2, 0.25) is 0 Å². The molecule has 0 aliphatic carbocycles. The highest BCUT2D eigenvalue weighted by molar-refractivity contribution is 9.08. The molecule has 0 unspecified atom stereocenters. The van der Waals surface area contributed by atoms with Crippen molar-refractivity contribution in [2.45, 2.75) is 5.33 Å². The Morgan fingerprint density at radius 2 is 2.25 bits per heavy atom. The van der Waals surface area contributed by atoms with Crippen molar-refractivity contribution in [3.05, 3.63) is 33.6 Å². The zero-order valence-electron chi connectivity index (χ0n) is 8.81. The van der Waals surface area contributed by atoms with Gasteiger partial charge in [0.1, 0.15) is 6.20 Å². The lowest BCUT2D eigenvalue weighted by atomic mass is 10.1. The molecule has 86 valence electrons. The Morgan fingerprint density at radius 3 is 2.69 bits per heavy atom. The van der Waals surface area contributed by atoms with E-state index in [1.165, 1.54) is 11.0 Å². The van der Waals surface area contributed by atoms with Crippen LogP contribution in [0, 0.1) is 10.1 Å². The lowest BCUT2D eigenvalue weighted by Gasteiger charge is -2.11. The van der Waals surface area contributed by atoms with Crippen molar-refractivity contribution in [3.63, 3.8) is 0 Å². The van der Waals surface area contributed by atoms with Crippen LogP contribution in [0.1, 0.15) is 16.1 Å². The fourth-order valence-electron chi connectivity index (χ4n) is 1.11. The van der Waals surface area contributed by atoms with Gasteiger partial charge in [-0.15, -0.1) is 0 Å². The summed E-state index contributed by atoms with van der Waals surface area (Å²) in [4.78, 5) is 27.0. The second-order valence-corrected chi connectivity index (χ2v) is 3.84. The van der Waals surface area contributed by atoms with E-state index < -0.39 is 4.92 Å². The predicted octanol–water partition coefficient (Wildman–Crippen LogP) is 1.59. The van der Waals surface area contributed by atoms with Gasteiger partial charge in [-0.2, -0.15) is 0 Å². The normalized spacial score (nSPS) is 9.94. The number of hydrogen-bond donors (Lipinski definition) is 0. The minimum Gasteiger partial charge on any atom is -0.345 e. The Morgan fingerprint density at radius 1 is 1.62 bits per heavy atom. The van der Waals surface area contributed by atoms with Crippen molar-refractivity contribution in [3.8, 4) is 0 Å². The summed E-state index contributed by atoms with van der Waals surface area (Å²) in [6.07, 6.45) is 1.14. The molecule has 0 atom stereocenters. The van der Waals surface area contributed by atoms with Crippen molar-refractivity contribution in [2.24, 2.45) is 0 Å². The molecular weight excluding hydrogens is 278 g/mol. The van der Waals surface area contributed by atoms with Crippen molar-refractivity contribution in [1.29, 1.82) is 0 Å². The first-order valence-corrected chi connectivity index (χ1v) is 5.50. The van der Waals surface area contributed by atoms with Crippen molar-refractivity contribution >= 4 is 27.5 Å². The number of pyridine rings is 1. The van der Waals surface area contributed by atoms with Gasteiger partial charge in [0, 0.05) is 25.5 Å². The van der Waals surface area contributed by atoms with Crippen LogP contribution in [0.25, 0.3) is 0 Å². The first kappa shape index (κ1) is 12.6. The standard InChI is InChI=1S/C9H10BrN3O3/c1-12(2)9(14)7-3-6(13(15)16)5-11-8(7)4-10/h3,5H,4H2,1-2H3. The summed E-state index contributed by atoms with van der Waals surface area (Å²) in [5.41, 5.74) is 0.551. The Hall–Kier alpha value is -1.50. The van der Waals surface area contributed by atoms with E-state index in [0.29, 0.717) is 11.0 Å². The van der Waals surface area contributed by atoms with Gasteiger partial charge in [-0.1, -0.05) is 15.9 Å². The summed E-state index contributed by atoms with van der Waals surface area (Å²) >= 11 is 3.18. The van der Waals surface area contributed by atoms with Gasteiger partial charge >= 0.3 is 0 Å².